The molecule has 0 saturated carbocycles. The first-order valence-electron chi connectivity index (χ1n) is 9.53. The largest absolute Gasteiger partial charge is 0.481 e. The van der Waals surface area contributed by atoms with Gasteiger partial charge in [-0.3, -0.25) is 9.59 Å². The lowest BCUT2D eigenvalue weighted by molar-refractivity contribution is -0.133. The highest BCUT2D eigenvalue weighted by Crippen LogP contribution is 2.25. The highest BCUT2D eigenvalue weighted by atomic mass is 32.2. The number of aryl methyl sites for hydroxylation is 1. The summed E-state index contributed by atoms with van der Waals surface area (Å²) in [5.74, 6) is -0.732. The molecule has 0 spiro atoms. The fourth-order valence-corrected chi connectivity index (χ4v) is 3.63. The van der Waals surface area contributed by atoms with Crippen molar-refractivity contribution in [1.29, 1.82) is 0 Å². The average molecular weight is 365 g/mol. The Morgan fingerprint density at radius 3 is 2.16 bits per heavy atom. The first-order chi connectivity index (χ1) is 12.0. The molecule has 25 heavy (non-hydrogen) atoms. The summed E-state index contributed by atoms with van der Waals surface area (Å²) in [6.07, 6.45) is 11.7. The van der Waals surface area contributed by atoms with Gasteiger partial charge in [0.15, 0.2) is 5.78 Å². The van der Waals surface area contributed by atoms with Crippen LogP contribution in [-0.2, 0) is 4.79 Å². The summed E-state index contributed by atoms with van der Waals surface area (Å²) >= 11 is 1.23. The molecule has 1 aromatic rings. The van der Waals surface area contributed by atoms with Crippen molar-refractivity contribution in [3.8, 4) is 0 Å². The summed E-state index contributed by atoms with van der Waals surface area (Å²) in [7, 11) is 0. The molecule has 0 aliphatic rings. The fraction of sp³-hybridized carbons (Fsp3) is 0.619. The number of ketones is 1. The van der Waals surface area contributed by atoms with Crippen LogP contribution in [0.4, 0.5) is 0 Å². The number of carboxylic acids is 1. The van der Waals surface area contributed by atoms with Gasteiger partial charge in [-0.15, -0.1) is 11.8 Å². The molecule has 0 saturated heterocycles. The van der Waals surface area contributed by atoms with E-state index in [4.69, 9.17) is 5.11 Å². The lowest BCUT2D eigenvalue weighted by Gasteiger charge is -2.09. The van der Waals surface area contributed by atoms with Gasteiger partial charge in [-0.25, -0.2) is 0 Å². The van der Waals surface area contributed by atoms with Crippen LogP contribution in [0.25, 0.3) is 0 Å². The van der Waals surface area contributed by atoms with Crippen molar-refractivity contribution < 1.29 is 14.7 Å². The van der Waals surface area contributed by atoms with Gasteiger partial charge >= 0.3 is 5.97 Å². The molecule has 3 nitrogen and oxygen atoms in total. The predicted octanol–water partition coefficient (Wildman–Crippen LogP) is 6.28. The molecule has 140 valence electrons. The normalized spacial score (nSPS) is 10.8. The van der Waals surface area contributed by atoms with Crippen LogP contribution < -0.4 is 0 Å². The molecule has 0 fully saturated rings. The molecule has 0 unspecified atom stereocenters. The molecule has 4 heteroatoms. The SMILES string of the molecule is CCCCCCCCCCCC(=O)c1cc(C)ccc1SCC(=O)O. The molecule has 0 aliphatic carbocycles. The minimum absolute atomic E-state index is 0.0125. The lowest BCUT2D eigenvalue weighted by Crippen LogP contribution is -2.04. The van der Waals surface area contributed by atoms with E-state index in [0.717, 1.165) is 23.3 Å². The molecule has 0 atom stereocenters. The second-order valence-electron chi connectivity index (χ2n) is 6.68. The maximum atomic E-state index is 12.5. The van der Waals surface area contributed by atoms with Crippen LogP contribution in [0.2, 0.25) is 0 Å². The second kappa shape index (κ2) is 13.0. The van der Waals surface area contributed by atoms with Crippen molar-refractivity contribution in [2.45, 2.75) is 83.0 Å². The molecule has 0 amide bonds. The number of hydrogen-bond acceptors (Lipinski definition) is 3. The number of thioether (sulfide) groups is 1. The van der Waals surface area contributed by atoms with E-state index in [1.165, 1.54) is 56.7 Å². The molecule has 0 aromatic heterocycles. The standard InChI is InChI=1S/C21H32O3S/c1-3-4-5-6-7-8-9-10-11-12-19(22)18-15-17(2)13-14-20(18)25-16-21(23)24/h13-15H,3-12,16H2,1-2H3,(H,23,24). The molecule has 1 rings (SSSR count). The van der Waals surface area contributed by atoms with Gasteiger partial charge in [0.05, 0.1) is 5.75 Å². The van der Waals surface area contributed by atoms with E-state index in [-0.39, 0.29) is 11.5 Å². The van der Waals surface area contributed by atoms with Crippen molar-refractivity contribution in [3.05, 3.63) is 29.3 Å². The zero-order chi connectivity index (χ0) is 18.5. The quantitative estimate of drug-likeness (QED) is 0.240. The Kier molecular flexibility index (Phi) is 11.3. The Morgan fingerprint density at radius 1 is 0.960 bits per heavy atom. The second-order valence-corrected chi connectivity index (χ2v) is 7.70. The topological polar surface area (TPSA) is 54.4 Å². The van der Waals surface area contributed by atoms with Crippen molar-refractivity contribution in [2.24, 2.45) is 0 Å². The first kappa shape index (κ1) is 21.8. The van der Waals surface area contributed by atoms with Crippen molar-refractivity contribution in [1.82, 2.24) is 0 Å². The van der Waals surface area contributed by atoms with Crippen molar-refractivity contribution in [2.75, 3.05) is 5.75 Å². The monoisotopic (exact) mass is 364 g/mol. The van der Waals surface area contributed by atoms with Crippen LogP contribution in [0, 0.1) is 6.92 Å². The van der Waals surface area contributed by atoms with Crippen LogP contribution in [0.1, 0.15) is 87.1 Å². The molecular formula is C21H32O3S. The van der Waals surface area contributed by atoms with Crippen LogP contribution in [0.3, 0.4) is 0 Å². The Labute approximate surface area is 156 Å². The van der Waals surface area contributed by atoms with Crippen LogP contribution in [0.5, 0.6) is 0 Å². The summed E-state index contributed by atoms with van der Waals surface area (Å²) in [4.78, 5) is 24.1. The highest BCUT2D eigenvalue weighted by molar-refractivity contribution is 8.00. The number of carbonyl (C=O) groups is 2. The number of benzene rings is 1. The molecule has 0 aliphatic heterocycles. The zero-order valence-corrected chi connectivity index (χ0v) is 16.5. The van der Waals surface area contributed by atoms with Crippen LogP contribution in [-0.4, -0.2) is 22.6 Å². The number of rotatable bonds is 14. The predicted molar refractivity (Wildman–Crippen MR) is 106 cm³/mol. The van der Waals surface area contributed by atoms with Gasteiger partial charge in [0.25, 0.3) is 0 Å². The van der Waals surface area contributed by atoms with Gasteiger partial charge in [0, 0.05) is 16.9 Å². The zero-order valence-electron chi connectivity index (χ0n) is 15.7. The molecular weight excluding hydrogens is 332 g/mol. The molecule has 1 N–H and O–H groups in total. The Hall–Kier alpha value is -1.29. The molecule has 1 aromatic carbocycles. The van der Waals surface area contributed by atoms with Gasteiger partial charge in [0.1, 0.15) is 0 Å². The van der Waals surface area contributed by atoms with Crippen LogP contribution in [0.15, 0.2) is 23.1 Å². The van der Waals surface area contributed by atoms with Gasteiger partial charge in [-0.1, -0.05) is 69.9 Å². The van der Waals surface area contributed by atoms with E-state index >= 15 is 0 Å². The van der Waals surface area contributed by atoms with Crippen LogP contribution >= 0.6 is 11.8 Å². The van der Waals surface area contributed by atoms with Gasteiger partial charge in [-0.05, 0) is 25.5 Å². The molecule has 0 heterocycles. The summed E-state index contributed by atoms with van der Waals surface area (Å²) in [6.45, 7) is 4.19. The Morgan fingerprint density at radius 2 is 1.56 bits per heavy atom. The van der Waals surface area contributed by atoms with E-state index < -0.39 is 5.97 Å². The van der Waals surface area contributed by atoms with Gasteiger partial charge in [-0.2, -0.15) is 0 Å². The average Bonchev–Trinajstić information content (AvgIpc) is 2.58. The summed E-state index contributed by atoms with van der Waals surface area (Å²) < 4.78 is 0. The maximum Gasteiger partial charge on any atom is 0.313 e. The highest BCUT2D eigenvalue weighted by Gasteiger charge is 2.13. The molecule has 0 radical (unpaired) electrons. The maximum absolute atomic E-state index is 12.5. The number of carboxylic acid groups (broad SMARTS) is 1. The Balaban J connectivity index is 2.34. The lowest BCUT2D eigenvalue weighted by atomic mass is 10.0. The summed E-state index contributed by atoms with van der Waals surface area (Å²) in [5.41, 5.74) is 1.72. The van der Waals surface area contributed by atoms with E-state index in [1.807, 2.05) is 25.1 Å². The fourth-order valence-electron chi connectivity index (χ4n) is 2.86. The summed E-state index contributed by atoms with van der Waals surface area (Å²) in [5, 5.41) is 8.85. The number of hydrogen-bond donors (Lipinski definition) is 1. The third kappa shape index (κ3) is 9.69. The first-order valence-corrected chi connectivity index (χ1v) is 10.5. The minimum atomic E-state index is -0.858. The molecule has 0 bridgehead atoms. The summed E-state index contributed by atoms with van der Waals surface area (Å²) in [6, 6.07) is 5.69. The minimum Gasteiger partial charge on any atom is -0.481 e. The van der Waals surface area contributed by atoms with Crippen molar-refractivity contribution >= 4 is 23.5 Å². The number of aliphatic carboxylic acids is 1. The van der Waals surface area contributed by atoms with Gasteiger partial charge in [0.2, 0.25) is 0 Å². The number of carbonyl (C=O) groups excluding carboxylic acids is 1. The van der Waals surface area contributed by atoms with E-state index in [0.29, 0.717) is 12.0 Å². The van der Waals surface area contributed by atoms with Gasteiger partial charge < -0.3 is 5.11 Å². The van der Waals surface area contributed by atoms with Crippen molar-refractivity contribution in [3.63, 3.8) is 0 Å². The van der Waals surface area contributed by atoms with E-state index in [1.54, 1.807) is 0 Å². The Bertz CT molecular complexity index is 540. The number of unbranched alkanes of at least 4 members (excludes halogenated alkanes) is 8. The van der Waals surface area contributed by atoms with E-state index in [9.17, 15) is 9.59 Å². The van der Waals surface area contributed by atoms with E-state index in [2.05, 4.69) is 6.92 Å². The third-order valence-corrected chi connectivity index (χ3v) is 5.35. The number of Topliss-reactive ketones (excluding diaryl/α,β-unsaturated/α-hetero) is 1. The third-order valence-electron chi connectivity index (χ3n) is 4.29. The smallest absolute Gasteiger partial charge is 0.313 e.